The second kappa shape index (κ2) is 9.92. The molecule has 2 heterocycles. The Morgan fingerprint density at radius 3 is 2.62 bits per heavy atom. The zero-order valence-corrected chi connectivity index (χ0v) is 19.8. The highest BCUT2D eigenvalue weighted by Crippen LogP contribution is 2.40. The van der Waals surface area contributed by atoms with Gasteiger partial charge in [-0.05, 0) is 68.8 Å². The first-order valence-corrected chi connectivity index (χ1v) is 12.0. The summed E-state index contributed by atoms with van der Waals surface area (Å²) in [6, 6.07) is 5.27. The number of aryl methyl sites for hydroxylation is 1. The van der Waals surface area contributed by atoms with Gasteiger partial charge in [0, 0.05) is 10.9 Å². The average molecular weight is 458 g/mol. The summed E-state index contributed by atoms with van der Waals surface area (Å²) in [5, 5.41) is 6.66. The van der Waals surface area contributed by atoms with Gasteiger partial charge in [0.2, 0.25) is 5.91 Å². The van der Waals surface area contributed by atoms with Crippen molar-refractivity contribution in [2.24, 2.45) is 5.92 Å². The number of amides is 2. The Labute approximate surface area is 193 Å². The molecule has 2 N–H and O–H groups in total. The van der Waals surface area contributed by atoms with Crippen molar-refractivity contribution in [2.75, 3.05) is 44.5 Å². The number of fused-ring (bicyclic) bond motifs is 1. The Morgan fingerprint density at radius 1 is 1.12 bits per heavy atom. The third-order valence-corrected chi connectivity index (χ3v) is 7.51. The molecule has 1 fully saturated rings. The summed E-state index contributed by atoms with van der Waals surface area (Å²) < 4.78 is 10.7. The first kappa shape index (κ1) is 22.6. The number of nitrogens with one attached hydrogen (secondary N) is 2. The molecule has 0 saturated carbocycles. The third kappa shape index (κ3) is 4.91. The molecule has 1 aromatic heterocycles. The van der Waals surface area contributed by atoms with Gasteiger partial charge in [0.1, 0.15) is 16.5 Å². The largest absolute Gasteiger partial charge is 0.497 e. The van der Waals surface area contributed by atoms with E-state index in [1.54, 1.807) is 32.4 Å². The fraction of sp³-hybridized carbons (Fsp3) is 0.500. The van der Waals surface area contributed by atoms with Crippen molar-refractivity contribution in [3.8, 4) is 11.5 Å². The van der Waals surface area contributed by atoms with Crippen LogP contribution in [0.1, 0.15) is 47.0 Å². The van der Waals surface area contributed by atoms with Crippen molar-refractivity contribution in [1.82, 2.24) is 4.90 Å². The van der Waals surface area contributed by atoms with E-state index in [0.717, 1.165) is 56.7 Å². The van der Waals surface area contributed by atoms with Gasteiger partial charge in [0.15, 0.2) is 0 Å². The van der Waals surface area contributed by atoms with Crippen molar-refractivity contribution in [1.29, 1.82) is 0 Å². The number of carbonyl (C=O) groups excluding carboxylic acids is 2. The highest BCUT2D eigenvalue weighted by Gasteiger charge is 2.28. The summed E-state index contributed by atoms with van der Waals surface area (Å²) in [5.41, 5.74) is 2.21. The maximum atomic E-state index is 13.3. The van der Waals surface area contributed by atoms with E-state index in [1.807, 2.05) is 0 Å². The molecule has 8 heteroatoms. The molecule has 1 aromatic carbocycles. The van der Waals surface area contributed by atoms with Crippen LogP contribution in [-0.4, -0.2) is 50.6 Å². The van der Waals surface area contributed by atoms with Crippen LogP contribution in [0.5, 0.6) is 11.5 Å². The molecule has 1 aliphatic carbocycles. The summed E-state index contributed by atoms with van der Waals surface area (Å²) in [5.74, 6) is 1.61. The van der Waals surface area contributed by atoms with E-state index in [9.17, 15) is 9.59 Å². The first-order valence-electron chi connectivity index (χ1n) is 11.2. The van der Waals surface area contributed by atoms with Gasteiger partial charge in [0.05, 0.1) is 32.0 Å². The molecular weight excluding hydrogens is 426 g/mol. The lowest BCUT2D eigenvalue weighted by atomic mass is 9.99. The first-order chi connectivity index (χ1) is 15.5. The van der Waals surface area contributed by atoms with Gasteiger partial charge < -0.3 is 20.1 Å². The lowest BCUT2D eigenvalue weighted by Crippen LogP contribution is -2.38. The Hall–Kier alpha value is -2.58. The molecule has 0 radical (unpaired) electrons. The van der Waals surface area contributed by atoms with Gasteiger partial charge in [0.25, 0.3) is 5.91 Å². The molecule has 32 heavy (non-hydrogen) atoms. The smallest absolute Gasteiger partial charge is 0.259 e. The van der Waals surface area contributed by atoms with Crippen LogP contribution >= 0.6 is 11.3 Å². The number of piperidine rings is 1. The molecule has 2 aliphatic rings. The van der Waals surface area contributed by atoms with Crippen LogP contribution in [0.15, 0.2) is 18.2 Å². The fourth-order valence-corrected chi connectivity index (χ4v) is 5.71. The number of benzene rings is 1. The quantitative estimate of drug-likeness (QED) is 0.652. The van der Waals surface area contributed by atoms with E-state index in [-0.39, 0.29) is 11.8 Å². The molecule has 7 nitrogen and oxygen atoms in total. The van der Waals surface area contributed by atoms with Crippen molar-refractivity contribution < 1.29 is 19.1 Å². The molecule has 0 atom stereocenters. The number of likely N-dealkylation sites (tertiary alicyclic amines) is 1. The molecular formula is C24H31N3O4S. The van der Waals surface area contributed by atoms with Crippen LogP contribution in [0, 0.1) is 5.92 Å². The zero-order valence-electron chi connectivity index (χ0n) is 19.0. The second-order valence-electron chi connectivity index (χ2n) is 8.59. The number of nitrogens with zero attached hydrogens (tertiary/aromatic N) is 1. The van der Waals surface area contributed by atoms with Gasteiger partial charge in [-0.1, -0.05) is 6.92 Å². The molecule has 0 unspecified atom stereocenters. The number of ether oxygens (including phenoxy) is 2. The van der Waals surface area contributed by atoms with E-state index < -0.39 is 0 Å². The summed E-state index contributed by atoms with van der Waals surface area (Å²) in [6.45, 7) is 4.51. The van der Waals surface area contributed by atoms with Crippen LogP contribution in [0.25, 0.3) is 0 Å². The van der Waals surface area contributed by atoms with Gasteiger partial charge in [-0.15, -0.1) is 11.3 Å². The SMILES string of the molecule is COc1ccc(NC(=O)c2c(NC(=O)CN3CCC(C)CC3)sc3c2CCC3)c(OC)c1. The number of thiophene rings is 1. The monoisotopic (exact) mass is 457 g/mol. The van der Waals surface area contributed by atoms with E-state index in [0.29, 0.717) is 34.3 Å². The minimum atomic E-state index is -0.227. The van der Waals surface area contributed by atoms with Gasteiger partial charge in [-0.3, -0.25) is 14.5 Å². The van der Waals surface area contributed by atoms with Crippen LogP contribution < -0.4 is 20.1 Å². The molecule has 2 aromatic rings. The Bertz CT molecular complexity index is 995. The summed E-state index contributed by atoms with van der Waals surface area (Å²) in [4.78, 5) is 29.5. The lowest BCUT2D eigenvalue weighted by Gasteiger charge is -2.29. The highest BCUT2D eigenvalue weighted by atomic mass is 32.1. The van der Waals surface area contributed by atoms with Gasteiger partial charge in [-0.25, -0.2) is 0 Å². The molecule has 2 amide bonds. The van der Waals surface area contributed by atoms with E-state index in [2.05, 4.69) is 22.5 Å². The van der Waals surface area contributed by atoms with Crippen molar-refractivity contribution in [2.45, 2.75) is 39.0 Å². The molecule has 1 aliphatic heterocycles. The van der Waals surface area contributed by atoms with Crippen LogP contribution in [0.4, 0.5) is 10.7 Å². The molecule has 0 spiro atoms. The number of hydrogen-bond acceptors (Lipinski definition) is 6. The minimum Gasteiger partial charge on any atom is -0.497 e. The number of rotatable bonds is 7. The topological polar surface area (TPSA) is 79.9 Å². The average Bonchev–Trinajstić information content (AvgIpc) is 3.36. The Balaban J connectivity index is 1.51. The Kier molecular flexibility index (Phi) is 7.01. The fourth-order valence-electron chi connectivity index (χ4n) is 4.41. The summed E-state index contributed by atoms with van der Waals surface area (Å²) >= 11 is 1.53. The lowest BCUT2D eigenvalue weighted by molar-refractivity contribution is -0.117. The molecule has 172 valence electrons. The molecule has 4 rings (SSSR count). The van der Waals surface area contributed by atoms with Crippen LogP contribution in [0.3, 0.4) is 0 Å². The Morgan fingerprint density at radius 2 is 1.91 bits per heavy atom. The minimum absolute atomic E-state index is 0.0597. The van der Waals surface area contributed by atoms with Crippen LogP contribution in [-0.2, 0) is 17.6 Å². The zero-order chi connectivity index (χ0) is 22.7. The maximum absolute atomic E-state index is 13.3. The normalized spacial score (nSPS) is 16.5. The number of hydrogen-bond donors (Lipinski definition) is 2. The standard InChI is InChI=1S/C24H31N3O4S/c1-15-9-11-27(12-10-15)14-21(28)26-24-22(17-5-4-6-20(17)32-24)23(29)25-18-8-7-16(30-2)13-19(18)31-3/h7-8,13,15H,4-6,9-12,14H2,1-3H3,(H,25,29)(H,26,28). The van der Waals surface area contributed by atoms with Gasteiger partial charge >= 0.3 is 0 Å². The number of anilines is 2. The second-order valence-corrected chi connectivity index (χ2v) is 9.69. The number of carbonyl (C=O) groups is 2. The van der Waals surface area contributed by atoms with E-state index in [1.165, 1.54) is 16.2 Å². The number of methoxy groups -OCH3 is 2. The van der Waals surface area contributed by atoms with E-state index in [4.69, 9.17) is 9.47 Å². The predicted molar refractivity (Wildman–Crippen MR) is 127 cm³/mol. The third-order valence-electron chi connectivity index (χ3n) is 6.30. The predicted octanol–water partition coefficient (Wildman–Crippen LogP) is 4.18. The van der Waals surface area contributed by atoms with Crippen LogP contribution in [0.2, 0.25) is 0 Å². The molecule has 1 saturated heterocycles. The summed E-state index contributed by atoms with van der Waals surface area (Å²) in [7, 11) is 3.14. The highest BCUT2D eigenvalue weighted by molar-refractivity contribution is 7.17. The van der Waals surface area contributed by atoms with E-state index >= 15 is 0 Å². The van der Waals surface area contributed by atoms with Crippen molar-refractivity contribution in [3.63, 3.8) is 0 Å². The van der Waals surface area contributed by atoms with Crippen molar-refractivity contribution >= 4 is 33.8 Å². The summed E-state index contributed by atoms with van der Waals surface area (Å²) in [6.07, 6.45) is 5.09. The van der Waals surface area contributed by atoms with Crippen molar-refractivity contribution in [3.05, 3.63) is 34.2 Å². The van der Waals surface area contributed by atoms with Gasteiger partial charge in [-0.2, -0.15) is 0 Å². The maximum Gasteiger partial charge on any atom is 0.259 e. The molecule has 0 bridgehead atoms.